The maximum atomic E-state index is 13.0. The minimum atomic E-state index is -4.15. The first-order valence-electron chi connectivity index (χ1n) is 9.69. The highest BCUT2D eigenvalue weighted by Crippen LogP contribution is 2.31. The maximum absolute atomic E-state index is 13.0. The zero-order valence-electron chi connectivity index (χ0n) is 17.6. The number of sulfonamides is 1. The van der Waals surface area contributed by atoms with Gasteiger partial charge in [-0.05, 0) is 55.8 Å². The normalized spacial score (nSPS) is 11.0. The van der Waals surface area contributed by atoms with Crippen molar-refractivity contribution in [3.05, 3.63) is 80.7 Å². The van der Waals surface area contributed by atoms with Crippen LogP contribution in [0.2, 0.25) is 10.0 Å². The highest BCUT2D eigenvalue weighted by atomic mass is 35.5. The van der Waals surface area contributed by atoms with Gasteiger partial charge >= 0.3 is 0 Å². The Bertz CT molecular complexity index is 1310. The lowest BCUT2D eigenvalue weighted by molar-refractivity contribution is -0.379. The Morgan fingerprint density at radius 2 is 1.73 bits per heavy atom. The molecule has 0 spiro atoms. The quantitative estimate of drug-likeness (QED) is 0.421. The van der Waals surface area contributed by atoms with Gasteiger partial charge in [0.1, 0.15) is 10.6 Å². The van der Waals surface area contributed by atoms with E-state index in [1.807, 2.05) is 6.92 Å². The molecule has 3 aromatic carbocycles. The van der Waals surface area contributed by atoms with Crippen LogP contribution in [0.1, 0.15) is 22.8 Å². The predicted octanol–water partition coefficient (Wildman–Crippen LogP) is 4.23. The second kappa shape index (κ2) is 10.2. The zero-order chi connectivity index (χ0) is 24.2. The maximum Gasteiger partial charge on any atom is 0.263 e. The Morgan fingerprint density at radius 3 is 2.36 bits per heavy atom. The Balaban J connectivity index is 1.91. The minimum Gasteiger partial charge on any atom is -0.494 e. The summed E-state index contributed by atoms with van der Waals surface area (Å²) in [6.45, 7) is 4.06. The van der Waals surface area contributed by atoms with E-state index in [4.69, 9.17) is 27.9 Å². The number of carbonyl (C=O) groups is 1. The number of ether oxygens (including phenoxy) is 1. The summed E-state index contributed by atoms with van der Waals surface area (Å²) in [6.07, 6.45) is 0. The van der Waals surface area contributed by atoms with Gasteiger partial charge in [0.2, 0.25) is 0 Å². The van der Waals surface area contributed by atoms with E-state index < -0.39 is 15.9 Å². The van der Waals surface area contributed by atoms with Crippen LogP contribution in [0.25, 0.3) is 0 Å². The summed E-state index contributed by atoms with van der Waals surface area (Å²) >= 11 is 12.3. The molecule has 0 aliphatic heterocycles. The minimum absolute atomic E-state index is 0.0340. The molecular formula is C22H20Cl2N3O5S+. The predicted molar refractivity (Wildman–Crippen MR) is 128 cm³/mol. The molecule has 0 aliphatic rings. The SMILES string of the molecule is CCOc1ccc(NS(=O)(=O)c2cc(C(=O)Nc3cc([NH+]=O)ccc3C)c(Cl)cc2Cl)cc1. The molecule has 0 heterocycles. The molecule has 3 N–H and O–H groups in total. The molecule has 33 heavy (non-hydrogen) atoms. The van der Waals surface area contributed by atoms with Crippen molar-refractivity contribution in [3.63, 3.8) is 0 Å². The van der Waals surface area contributed by atoms with Crippen LogP contribution in [-0.4, -0.2) is 20.9 Å². The first-order valence-corrected chi connectivity index (χ1v) is 11.9. The van der Waals surface area contributed by atoms with E-state index in [9.17, 15) is 18.1 Å². The lowest BCUT2D eigenvalue weighted by Crippen LogP contribution is -2.55. The summed E-state index contributed by atoms with van der Waals surface area (Å²) in [5, 5.41) is 4.20. The van der Waals surface area contributed by atoms with Gasteiger partial charge in [-0.15, -0.1) is 0 Å². The topological polar surface area (TPSA) is 116 Å². The summed E-state index contributed by atoms with van der Waals surface area (Å²) < 4.78 is 33.7. The Morgan fingerprint density at radius 1 is 1.03 bits per heavy atom. The average molecular weight is 509 g/mol. The van der Waals surface area contributed by atoms with Crippen LogP contribution in [0.4, 0.5) is 17.1 Å². The second-order valence-electron chi connectivity index (χ2n) is 6.91. The van der Waals surface area contributed by atoms with Crippen molar-refractivity contribution in [1.82, 2.24) is 0 Å². The smallest absolute Gasteiger partial charge is 0.263 e. The number of nitroso groups, excluding NO2 is 1. The molecule has 1 amide bonds. The number of amides is 1. The van der Waals surface area contributed by atoms with E-state index in [1.165, 1.54) is 12.1 Å². The van der Waals surface area contributed by atoms with Gasteiger partial charge in [0.05, 0.1) is 27.9 Å². The van der Waals surface area contributed by atoms with Crippen LogP contribution < -0.4 is 20.0 Å². The third-order valence-electron chi connectivity index (χ3n) is 4.58. The van der Waals surface area contributed by atoms with Gasteiger partial charge in [-0.3, -0.25) is 9.52 Å². The van der Waals surface area contributed by atoms with Gasteiger partial charge in [0.15, 0.2) is 0 Å². The van der Waals surface area contributed by atoms with Gasteiger partial charge in [-0.2, -0.15) is 0 Å². The molecule has 0 radical (unpaired) electrons. The number of carbonyl (C=O) groups excluding carboxylic acids is 1. The summed E-state index contributed by atoms with van der Waals surface area (Å²) in [6, 6.07) is 13.3. The standard InChI is InChI=1S/C22H19Cl2N3O5S/c1-3-32-16-8-6-14(7-9-16)27-33(30,31)21-11-17(18(23)12-19(21)24)22(28)25-20-10-15(26-29)5-4-13(20)2/h4-12,27H,3H2,1-2H3,(H,25,28)/p+1. The molecule has 0 bridgehead atoms. The van der Waals surface area contributed by atoms with Crippen molar-refractivity contribution in [2.75, 3.05) is 16.6 Å². The number of hydrogen-bond acceptors (Lipinski definition) is 5. The van der Waals surface area contributed by atoms with Crippen molar-refractivity contribution in [2.24, 2.45) is 0 Å². The van der Waals surface area contributed by atoms with Gasteiger partial charge in [-0.1, -0.05) is 29.3 Å². The molecular weight excluding hydrogens is 489 g/mol. The third kappa shape index (κ3) is 5.81. The molecule has 0 aliphatic carbocycles. The largest absolute Gasteiger partial charge is 0.494 e. The number of anilines is 2. The number of halogens is 2. The van der Waals surface area contributed by atoms with Crippen LogP contribution in [0.5, 0.6) is 5.75 Å². The Hall–Kier alpha value is -3.14. The average Bonchev–Trinajstić information content (AvgIpc) is 2.76. The molecule has 0 saturated carbocycles. The zero-order valence-corrected chi connectivity index (χ0v) is 19.9. The van der Waals surface area contributed by atoms with E-state index in [1.54, 1.807) is 48.5 Å². The van der Waals surface area contributed by atoms with E-state index >= 15 is 0 Å². The lowest BCUT2D eigenvalue weighted by atomic mass is 10.1. The molecule has 3 rings (SSSR count). The molecule has 11 heteroatoms. The van der Waals surface area contributed by atoms with Crippen molar-refractivity contribution >= 4 is 56.2 Å². The van der Waals surface area contributed by atoms with Crippen molar-refractivity contribution in [3.8, 4) is 5.75 Å². The number of nitrogens with one attached hydrogen (secondary N) is 3. The first-order chi connectivity index (χ1) is 15.6. The van der Waals surface area contributed by atoms with E-state index in [0.29, 0.717) is 23.6 Å². The monoisotopic (exact) mass is 508 g/mol. The summed E-state index contributed by atoms with van der Waals surface area (Å²) in [7, 11) is -4.15. The van der Waals surface area contributed by atoms with E-state index in [-0.39, 0.29) is 31.9 Å². The molecule has 0 atom stereocenters. The van der Waals surface area contributed by atoms with Crippen LogP contribution in [0, 0.1) is 11.8 Å². The van der Waals surface area contributed by atoms with Crippen molar-refractivity contribution in [2.45, 2.75) is 18.7 Å². The van der Waals surface area contributed by atoms with Crippen molar-refractivity contribution < 1.29 is 23.1 Å². The van der Waals surface area contributed by atoms with Gasteiger partial charge < -0.3 is 10.1 Å². The van der Waals surface area contributed by atoms with Gasteiger partial charge in [0.25, 0.3) is 21.6 Å². The van der Waals surface area contributed by atoms with Gasteiger partial charge in [-0.25, -0.2) is 8.42 Å². The van der Waals surface area contributed by atoms with Crippen LogP contribution in [-0.2, 0) is 10.0 Å². The van der Waals surface area contributed by atoms with Gasteiger partial charge in [0, 0.05) is 27.9 Å². The summed E-state index contributed by atoms with van der Waals surface area (Å²) in [5.41, 5.74) is 1.49. The Kier molecular flexibility index (Phi) is 7.57. The van der Waals surface area contributed by atoms with Crippen LogP contribution in [0.3, 0.4) is 0 Å². The molecule has 0 saturated heterocycles. The highest BCUT2D eigenvalue weighted by Gasteiger charge is 2.23. The number of benzene rings is 3. The number of rotatable bonds is 8. The molecule has 0 aromatic heterocycles. The molecule has 0 fully saturated rings. The highest BCUT2D eigenvalue weighted by molar-refractivity contribution is 7.92. The number of aryl methyl sites for hydroxylation is 1. The third-order valence-corrected chi connectivity index (χ3v) is 6.74. The summed E-state index contributed by atoms with van der Waals surface area (Å²) in [5.74, 6) is -0.0733. The second-order valence-corrected chi connectivity index (χ2v) is 9.38. The van der Waals surface area contributed by atoms with Crippen LogP contribution in [0.15, 0.2) is 59.5 Å². The Labute approximate surface area is 200 Å². The molecule has 0 unspecified atom stereocenters. The fourth-order valence-electron chi connectivity index (χ4n) is 2.91. The fourth-order valence-corrected chi connectivity index (χ4v) is 4.83. The van der Waals surface area contributed by atoms with E-state index in [0.717, 1.165) is 6.07 Å². The summed E-state index contributed by atoms with van der Waals surface area (Å²) in [4.78, 5) is 23.5. The fraction of sp³-hybridized carbons (Fsp3) is 0.136. The van der Waals surface area contributed by atoms with Crippen LogP contribution >= 0.6 is 23.2 Å². The molecule has 8 nitrogen and oxygen atoms in total. The number of hydrogen-bond donors (Lipinski definition) is 3. The molecule has 172 valence electrons. The van der Waals surface area contributed by atoms with E-state index in [2.05, 4.69) is 10.0 Å². The van der Waals surface area contributed by atoms with Crippen molar-refractivity contribution in [1.29, 1.82) is 0 Å². The molecule has 3 aromatic rings. The lowest BCUT2D eigenvalue weighted by Gasteiger charge is -2.13. The first kappa shape index (κ1) is 24.5.